The third-order valence-electron chi connectivity index (χ3n) is 8.21. The van der Waals surface area contributed by atoms with Crippen LogP contribution in [0.5, 0.6) is 17.2 Å². The lowest BCUT2D eigenvalue weighted by molar-refractivity contribution is -0.148. The number of rotatable bonds is 23. The van der Waals surface area contributed by atoms with Gasteiger partial charge in [0, 0.05) is 11.8 Å². The van der Waals surface area contributed by atoms with E-state index in [4.69, 9.17) is 29.4 Å². The molecule has 16 nitrogen and oxygen atoms in total. The van der Waals surface area contributed by atoms with E-state index in [0.717, 1.165) is 5.56 Å². The molecule has 0 fully saturated rings. The Hall–Kier alpha value is -4.60. The molecule has 288 valence electrons. The molecule has 51 heavy (non-hydrogen) atoms. The number of hydrogen-bond donors (Lipinski definition) is 5. The van der Waals surface area contributed by atoms with E-state index in [1.54, 1.807) is 27.7 Å². The molecule has 5 unspecified atom stereocenters. The molecule has 3 amide bonds. The van der Waals surface area contributed by atoms with Gasteiger partial charge < -0.3 is 50.5 Å². The lowest BCUT2D eigenvalue weighted by Gasteiger charge is -2.29. The lowest BCUT2D eigenvalue weighted by Crippen LogP contribution is -2.53. The number of esters is 2. The highest BCUT2D eigenvalue weighted by Crippen LogP contribution is 2.42. The normalized spacial score (nSPS) is 14.1. The second-order valence-corrected chi connectivity index (χ2v) is 12.7. The number of hydrogen-bond acceptors (Lipinski definition) is 12. The summed E-state index contributed by atoms with van der Waals surface area (Å²) in [7, 11) is 4.54. The van der Waals surface area contributed by atoms with Crippen LogP contribution in [0.3, 0.4) is 0 Å². The van der Waals surface area contributed by atoms with Gasteiger partial charge in [-0.2, -0.15) is 0 Å². The average molecular weight is 725 g/mol. The van der Waals surface area contributed by atoms with Gasteiger partial charge in [-0.05, 0) is 76.5 Å². The van der Waals surface area contributed by atoms with E-state index in [1.807, 2.05) is 19.1 Å². The zero-order chi connectivity index (χ0) is 38.9. The number of amides is 3. The summed E-state index contributed by atoms with van der Waals surface area (Å²) in [4.78, 5) is 75.4. The predicted molar refractivity (Wildman–Crippen MR) is 186 cm³/mol. The maximum absolute atomic E-state index is 13.4. The number of nitrogens with one attached hydrogen (secondary N) is 3. The molecule has 0 saturated heterocycles. The third kappa shape index (κ3) is 14.3. The first kappa shape index (κ1) is 44.4. The molecule has 5 atom stereocenters. The maximum atomic E-state index is 13.4. The number of ether oxygens (including phenoxy) is 5. The number of nitrogens with two attached hydrogens (primary N) is 1. The Morgan fingerprint density at radius 2 is 1.37 bits per heavy atom. The van der Waals surface area contributed by atoms with Crippen LogP contribution in [0.4, 0.5) is 0 Å². The van der Waals surface area contributed by atoms with Gasteiger partial charge in [0.05, 0.1) is 34.5 Å². The Balaban J connectivity index is 2.86. The number of carboxylic acids is 1. The van der Waals surface area contributed by atoms with Crippen molar-refractivity contribution in [2.24, 2.45) is 11.1 Å². The van der Waals surface area contributed by atoms with E-state index >= 15 is 0 Å². The van der Waals surface area contributed by atoms with Gasteiger partial charge in [0.15, 0.2) is 11.5 Å². The Morgan fingerprint density at radius 1 is 0.804 bits per heavy atom. The number of benzene rings is 1. The minimum Gasteiger partial charge on any atom is -0.493 e. The number of methoxy groups -OCH3 is 3. The van der Waals surface area contributed by atoms with Gasteiger partial charge in [-0.25, -0.2) is 9.59 Å². The molecule has 16 heteroatoms. The van der Waals surface area contributed by atoms with Gasteiger partial charge in [0.2, 0.25) is 23.5 Å². The summed E-state index contributed by atoms with van der Waals surface area (Å²) in [5.74, 6) is -3.16. The van der Waals surface area contributed by atoms with Gasteiger partial charge in [-0.15, -0.1) is 0 Å². The van der Waals surface area contributed by atoms with Crippen LogP contribution in [0.2, 0.25) is 0 Å². The van der Waals surface area contributed by atoms with E-state index in [1.165, 1.54) is 28.3 Å². The molecule has 0 aromatic heterocycles. The van der Waals surface area contributed by atoms with Crippen molar-refractivity contribution in [1.82, 2.24) is 16.0 Å². The minimum atomic E-state index is -1.28. The van der Waals surface area contributed by atoms with E-state index < -0.39 is 65.2 Å². The van der Waals surface area contributed by atoms with E-state index in [9.17, 15) is 33.9 Å². The number of carboxylic acid groups (broad SMARTS) is 1. The summed E-state index contributed by atoms with van der Waals surface area (Å²) in [6.07, 6.45) is 0.261. The van der Waals surface area contributed by atoms with Gasteiger partial charge in [-0.1, -0.05) is 20.8 Å². The van der Waals surface area contributed by atoms with Crippen molar-refractivity contribution in [3.63, 3.8) is 0 Å². The summed E-state index contributed by atoms with van der Waals surface area (Å²) in [6.45, 7) is 10.3. The van der Waals surface area contributed by atoms with Gasteiger partial charge in [0.1, 0.15) is 24.2 Å². The zero-order valence-electron chi connectivity index (χ0n) is 31.2. The van der Waals surface area contributed by atoms with Crippen molar-refractivity contribution in [3.05, 3.63) is 17.7 Å². The number of carbonyl (C=O) groups is 6. The first-order valence-electron chi connectivity index (χ1n) is 17.0. The fourth-order valence-corrected chi connectivity index (χ4v) is 5.32. The first-order chi connectivity index (χ1) is 23.9. The van der Waals surface area contributed by atoms with Crippen LogP contribution < -0.4 is 35.9 Å². The quantitative estimate of drug-likeness (QED) is 0.102. The Labute approximate surface area is 299 Å². The van der Waals surface area contributed by atoms with Crippen LogP contribution >= 0.6 is 0 Å². The number of carbonyl (C=O) groups excluding carboxylic acids is 5. The molecule has 1 aromatic carbocycles. The molecule has 0 spiro atoms. The summed E-state index contributed by atoms with van der Waals surface area (Å²) in [5.41, 5.74) is 5.67. The van der Waals surface area contributed by atoms with Gasteiger partial charge in [0.25, 0.3) is 0 Å². The highest BCUT2D eigenvalue weighted by Gasteiger charge is 2.34. The van der Waals surface area contributed by atoms with Gasteiger partial charge in [-0.3, -0.25) is 19.2 Å². The summed E-state index contributed by atoms with van der Waals surface area (Å²) >= 11 is 0. The van der Waals surface area contributed by atoms with Crippen molar-refractivity contribution in [2.45, 2.75) is 110 Å². The molecule has 0 aliphatic carbocycles. The lowest BCUT2D eigenvalue weighted by atomic mass is 9.79. The van der Waals surface area contributed by atoms with Crippen molar-refractivity contribution < 1.29 is 57.6 Å². The average Bonchev–Trinajstić information content (AvgIpc) is 3.08. The van der Waals surface area contributed by atoms with Crippen LogP contribution in [0.25, 0.3) is 0 Å². The highest BCUT2D eigenvalue weighted by molar-refractivity contribution is 5.92. The van der Waals surface area contributed by atoms with Crippen LogP contribution in [-0.4, -0.2) is 99.4 Å². The van der Waals surface area contributed by atoms with Crippen LogP contribution in [0.15, 0.2) is 12.1 Å². The van der Waals surface area contributed by atoms with Crippen molar-refractivity contribution >= 4 is 35.6 Å². The minimum absolute atomic E-state index is 0.00103. The first-order valence-corrected chi connectivity index (χ1v) is 17.0. The number of aliphatic carboxylic acids is 1. The molecular formula is C35H56N4O12. The molecule has 0 bridgehead atoms. The largest absolute Gasteiger partial charge is 0.493 e. The highest BCUT2D eigenvalue weighted by atomic mass is 16.5. The van der Waals surface area contributed by atoms with Crippen LogP contribution in [0.1, 0.15) is 91.5 Å². The predicted octanol–water partition coefficient (Wildman–Crippen LogP) is 2.20. The Bertz CT molecular complexity index is 1330. The van der Waals surface area contributed by atoms with Gasteiger partial charge >= 0.3 is 17.9 Å². The molecule has 1 rings (SSSR count). The van der Waals surface area contributed by atoms with E-state index in [0.29, 0.717) is 23.7 Å². The third-order valence-corrected chi connectivity index (χ3v) is 8.21. The summed E-state index contributed by atoms with van der Waals surface area (Å²) in [5, 5.41) is 17.2. The standard InChI is InChI=1S/C35H56N4O12/c1-10-50-32(44)23(36)13-12-14-24(31(42)43)38-28(40)16-15-25(33(45)51-11-2)39-30(41)21(4)37-34(46)35(5,6)19-20(3)22-17-26(47-7)29(49-9)27(18-22)48-8/h17-18,20-21,23-25H,10-16,19,36H2,1-9H3,(H,37,46)(H,38,40)(H,39,41)(H,42,43). The topological polar surface area (TPSA) is 231 Å². The fourth-order valence-electron chi connectivity index (χ4n) is 5.32. The molecule has 1 aromatic rings. The maximum Gasteiger partial charge on any atom is 0.328 e. The summed E-state index contributed by atoms with van der Waals surface area (Å²) < 4.78 is 26.2. The zero-order valence-corrected chi connectivity index (χ0v) is 31.2. The molecular weight excluding hydrogens is 668 g/mol. The monoisotopic (exact) mass is 724 g/mol. The molecule has 0 saturated carbocycles. The van der Waals surface area contributed by atoms with Crippen molar-refractivity contribution in [3.8, 4) is 17.2 Å². The fraction of sp³-hybridized carbons (Fsp3) is 0.657. The van der Waals surface area contributed by atoms with Crippen LogP contribution in [0, 0.1) is 5.41 Å². The molecule has 0 radical (unpaired) electrons. The molecule has 0 aliphatic heterocycles. The Kier molecular flexibility index (Phi) is 18.8. The van der Waals surface area contributed by atoms with Crippen LogP contribution in [-0.2, 0) is 38.2 Å². The van der Waals surface area contributed by atoms with Crippen molar-refractivity contribution in [2.75, 3.05) is 34.5 Å². The van der Waals surface area contributed by atoms with E-state index in [2.05, 4.69) is 16.0 Å². The Morgan fingerprint density at radius 3 is 1.88 bits per heavy atom. The summed E-state index contributed by atoms with van der Waals surface area (Å²) in [6, 6.07) is -0.856. The molecule has 0 heterocycles. The molecule has 6 N–H and O–H groups in total. The SMILES string of the molecule is CCOC(=O)C(N)CCCC(NC(=O)CCC(NC(=O)C(C)NC(=O)C(C)(C)CC(C)c1cc(OC)c(OC)c(OC)c1)C(=O)OCC)C(=O)O. The van der Waals surface area contributed by atoms with Crippen molar-refractivity contribution in [1.29, 1.82) is 0 Å². The smallest absolute Gasteiger partial charge is 0.328 e. The van der Waals surface area contributed by atoms with E-state index in [-0.39, 0.29) is 51.2 Å². The second-order valence-electron chi connectivity index (χ2n) is 12.7. The molecule has 0 aliphatic rings. The second kappa shape index (κ2) is 21.6.